The average molecular weight is 508 g/mol. The van der Waals surface area contributed by atoms with Crippen LogP contribution in [0.15, 0.2) is 36.7 Å². The van der Waals surface area contributed by atoms with Crippen molar-refractivity contribution < 1.29 is 9.53 Å². The number of anilines is 1. The van der Waals surface area contributed by atoms with E-state index in [1.54, 1.807) is 30.7 Å². The molecule has 9 heteroatoms. The molecule has 0 radical (unpaired) electrons. The van der Waals surface area contributed by atoms with Gasteiger partial charge in [-0.15, -0.1) is 11.3 Å². The number of aromatic nitrogens is 3. The Morgan fingerprint density at radius 1 is 1.17 bits per heavy atom. The van der Waals surface area contributed by atoms with Crippen molar-refractivity contribution in [2.75, 3.05) is 5.43 Å². The zero-order chi connectivity index (χ0) is 24.5. The molecule has 5 rings (SSSR count). The van der Waals surface area contributed by atoms with Gasteiger partial charge in [-0.3, -0.25) is 20.6 Å². The van der Waals surface area contributed by atoms with Crippen molar-refractivity contribution >= 4 is 44.9 Å². The molecule has 7 nitrogen and oxygen atoms in total. The number of benzene rings is 1. The molecule has 0 bridgehead atoms. The van der Waals surface area contributed by atoms with Crippen LogP contribution in [0.25, 0.3) is 21.6 Å². The first kappa shape index (κ1) is 23.5. The van der Waals surface area contributed by atoms with E-state index >= 15 is 0 Å². The fourth-order valence-electron chi connectivity index (χ4n) is 4.41. The van der Waals surface area contributed by atoms with Gasteiger partial charge in [-0.2, -0.15) is 0 Å². The van der Waals surface area contributed by atoms with Crippen LogP contribution in [-0.4, -0.2) is 27.0 Å². The van der Waals surface area contributed by atoms with Crippen LogP contribution in [0.5, 0.6) is 5.75 Å². The molecule has 0 spiro atoms. The van der Waals surface area contributed by atoms with E-state index in [4.69, 9.17) is 26.3 Å². The quantitative estimate of drug-likeness (QED) is 0.320. The van der Waals surface area contributed by atoms with E-state index in [0.29, 0.717) is 22.4 Å². The Labute approximate surface area is 212 Å². The first-order valence-electron chi connectivity index (χ1n) is 11.6. The fraction of sp³-hybridized carbons (Fsp3) is 0.308. The number of rotatable bonds is 6. The maximum atomic E-state index is 13.0. The smallest absolute Gasteiger partial charge is 0.279 e. The van der Waals surface area contributed by atoms with E-state index < -0.39 is 6.10 Å². The number of halogens is 1. The second-order valence-corrected chi connectivity index (χ2v) is 10.3. The standard InChI is InChI=1S/C26H26ClN5O2S/c1-14-11-18(27)12-15(2)22(14)34-16(3)25(33)32-31-24-21-19-8-4-5-9-20(19)35-26(21)30-23(29-24)17-7-6-10-28-13-17/h6-7,10-13,16H,4-5,8-9H2,1-3H3,(H,32,33)(H,29,30,31)/t16-/m1/s1. The number of nitrogens with one attached hydrogen (secondary N) is 2. The van der Waals surface area contributed by atoms with Crippen LogP contribution < -0.4 is 15.6 Å². The number of hydrogen-bond acceptors (Lipinski definition) is 7. The van der Waals surface area contributed by atoms with Crippen molar-refractivity contribution in [2.45, 2.75) is 52.6 Å². The van der Waals surface area contributed by atoms with Crippen molar-refractivity contribution in [3.63, 3.8) is 0 Å². The van der Waals surface area contributed by atoms with E-state index in [9.17, 15) is 4.79 Å². The molecule has 2 N–H and O–H groups in total. The Hall–Kier alpha value is -3.23. The number of nitrogens with zero attached hydrogens (tertiary/aromatic N) is 3. The second kappa shape index (κ2) is 9.79. The topological polar surface area (TPSA) is 89.0 Å². The third kappa shape index (κ3) is 4.81. The van der Waals surface area contributed by atoms with Gasteiger partial charge in [0.05, 0.1) is 5.39 Å². The number of carbonyl (C=O) groups excluding carboxylic acids is 1. The molecular formula is C26H26ClN5O2S. The summed E-state index contributed by atoms with van der Waals surface area (Å²) in [5.41, 5.74) is 9.73. The molecule has 0 saturated carbocycles. The number of hydrogen-bond donors (Lipinski definition) is 2. The molecule has 1 amide bonds. The molecule has 180 valence electrons. The molecule has 35 heavy (non-hydrogen) atoms. The number of amides is 1. The lowest BCUT2D eigenvalue weighted by molar-refractivity contribution is -0.126. The molecule has 3 aromatic heterocycles. The molecule has 1 aliphatic carbocycles. The summed E-state index contributed by atoms with van der Waals surface area (Å²) in [6, 6.07) is 7.43. The Morgan fingerprint density at radius 3 is 2.69 bits per heavy atom. The summed E-state index contributed by atoms with van der Waals surface area (Å²) < 4.78 is 5.99. The molecule has 1 aliphatic rings. The van der Waals surface area contributed by atoms with Crippen molar-refractivity contribution in [2.24, 2.45) is 0 Å². The molecule has 0 saturated heterocycles. The van der Waals surface area contributed by atoms with Gasteiger partial charge in [0.25, 0.3) is 5.91 Å². The molecule has 4 aromatic rings. The van der Waals surface area contributed by atoms with Crippen molar-refractivity contribution in [3.05, 3.63) is 63.2 Å². The normalized spacial score (nSPS) is 13.8. The maximum absolute atomic E-state index is 13.0. The number of aryl methyl sites for hydroxylation is 4. The van der Waals surface area contributed by atoms with Crippen LogP contribution in [0, 0.1) is 13.8 Å². The highest BCUT2D eigenvalue weighted by Gasteiger charge is 2.23. The largest absolute Gasteiger partial charge is 0.480 e. The second-order valence-electron chi connectivity index (χ2n) is 8.77. The molecule has 0 fully saturated rings. The third-order valence-electron chi connectivity index (χ3n) is 6.13. The molecule has 1 aromatic carbocycles. The lowest BCUT2D eigenvalue weighted by Crippen LogP contribution is -2.40. The monoisotopic (exact) mass is 507 g/mol. The first-order chi connectivity index (χ1) is 16.9. The van der Waals surface area contributed by atoms with Gasteiger partial charge >= 0.3 is 0 Å². The Morgan fingerprint density at radius 2 is 1.94 bits per heavy atom. The summed E-state index contributed by atoms with van der Waals surface area (Å²) in [7, 11) is 0. The SMILES string of the molecule is Cc1cc(Cl)cc(C)c1O[C@H](C)C(=O)NNc1nc(-c2cccnc2)nc2sc3c(c12)CCCC3. The van der Waals surface area contributed by atoms with E-state index in [2.05, 4.69) is 15.8 Å². The van der Waals surface area contributed by atoms with Gasteiger partial charge in [-0.05, 0) is 87.4 Å². The fourth-order valence-corrected chi connectivity index (χ4v) is 6.00. The minimum Gasteiger partial charge on any atom is -0.480 e. The van der Waals surface area contributed by atoms with E-state index in [-0.39, 0.29) is 5.91 Å². The molecule has 0 unspecified atom stereocenters. The Kier molecular flexibility index (Phi) is 6.58. The zero-order valence-electron chi connectivity index (χ0n) is 19.8. The summed E-state index contributed by atoms with van der Waals surface area (Å²) >= 11 is 7.83. The zero-order valence-corrected chi connectivity index (χ0v) is 21.4. The molecule has 3 heterocycles. The van der Waals surface area contributed by atoms with E-state index in [1.807, 2.05) is 38.1 Å². The predicted octanol–water partition coefficient (Wildman–Crippen LogP) is 5.81. The summed E-state index contributed by atoms with van der Waals surface area (Å²) in [4.78, 5) is 29.0. The van der Waals surface area contributed by atoms with E-state index in [1.165, 1.54) is 16.9 Å². The minimum atomic E-state index is -0.729. The predicted molar refractivity (Wildman–Crippen MR) is 140 cm³/mol. The lowest BCUT2D eigenvalue weighted by atomic mass is 9.97. The first-order valence-corrected chi connectivity index (χ1v) is 12.8. The van der Waals surface area contributed by atoms with Crippen LogP contribution in [-0.2, 0) is 17.6 Å². The number of thiophene rings is 1. The van der Waals surface area contributed by atoms with Gasteiger partial charge in [0.2, 0.25) is 0 Å². The summed E-state index contributed by atoms with van der Waals surface area (Å²) in [5.74, 6) is 1.51. The Bertz CT molecular complexity index is 1380. The number of carbonyl (C=O) groups is 1. The van der Waals surface area contributed by atoms with Crippen LogP contribution in [0.3, 0.4) is 0 Å². The molecule has 1 atom stereocenters. The Balaban J connectivity index is 1.42. The molecule has 0 aliphatic heterocycles. The van der Waals surface area contributed by atoms with Gasteiger partial charge in [-0.1, -0.05) is 11.6 Å². The van der Waals surface area contributed by atoms with Crippen molar-refractivity contribution in [1.29, 1.82) is 0 Å². The van der Waals surface area contributed by atoms with Gasteiger partial charge in [-0.25, -0.2) is 9.97 Å². The van der Waals surface area contributed by atoms with Gasteiger partial charge < -0.3 is 4.74 Å². The number of pyridine rings is 1. The summed E-state index contributed by atoms with van der Waals surface area (Å²) in [6.07, 6.45) is 7.09. The highest BCUT2D eigenvalue weighted by atomic mass is 35.5. The lowest BCUT2D eigenvalue weighted by Gasteiger charge is -2.19. The van der Waals surface area contributed by atoms with Crippen LogP contribution in [0.4, 0.5) is 5.82 Å². The highest BCUT2D eigenvalue weighted by molar-refractivity contribution is 7.19. The van der Waals surface area contributed by atoms with E-state index in [0.717, 1.165) is 46.2 Å². The van der Waals surface area contributed by atoms with Gasteiger partial charge in [0, 0.05) is 27.9 Å². The van der Waals surface area contributed by atoms with Gasteiger partial charge in [0.1, 0.15) is 10.6 Å². The molecular weight excluding hydrogens is 482 g/mol. The number of ether oxygens (including phenoxy) is 1. The number of fused-ring (bicyclic) bond motifs is 3. The van der Waals surface area contributed by atoms with Crippen molar-refractivity contribution in [3.8, 4) is 17.1 Å². The van der Waals surface area contributed by atoms with Crippen LogP contribution in [0.2, 0.25) is 5.02 Å². The van der Waals surface area contributed by atoms with Crippen molar-refractivity contribution in [1.82, 2.24) is 20.4 Å². The average Bonchev–Trinajstić information content (AvgIpc) is 3.23. The minimum absolute atomic E-state index is 0.308. The van der Waals surface area contributed by atoms with Crippen LogP contribution >= 0.6 is 22.9 Å². The van der Waals surface area contributed by atoms with Gasteiger partial charge in [0.15, 0.2) is 17.7 Å². The third-order valence-corrected chi connectivity index (χ3v) is 7.53. The summed E-state index contributed by atoms with van der Waals surface area (Å²) in [5, 5.41) is 1.62. The maximum Gasteiger partial charge on any atom is 0.279 e. The van der Waals surface area contributed by atoms with Crippen LogP contribution in [0.1, 0.15) is 41.3 Å². The summed E-state index contributed by atoms with van der Waals surface area (Å²) in [6.45, 7) is 5.54. The number of hydrazine groups is 1. The highest BCUT2D eigenvalue weighted by Crippen LogP contribution is 2.39.